The van der Waals surface area contributed by atoms with Crippen LogP contribution in [0.5, 0.6) is 5.75 Å². The molecule has 0 bridgehead atoms. The van der Waals surface area contributed by atoms with Gasteiger partial charge in [-0.25, -0.2) is 4.79 Å². The van der Waals surface area contributed by atoms with Gasteiger partial charge in [0, 0.05) is 17.8 Å². The van der Waals surface area contributed by atoms with Crippen LogP contribution in [0.15, 0.2) is 84.9 Å². The highest BCUT2D eigenvalue weighted by Crippen LogP contribution is 2.44. The van der Waals surface area contributed by atoms with Crippen molar-refractivity contribution < 1.29 is 24.5 Å². The Bertz CT molecular complexity index is 1340. The smallest absolute Gasteiger partial charge is 0.407 e. The zero-order valence-electron chi connectivity index (χ0n) is 20.1. The molecule has 0 heterocycles. The topological polar surface area (TPSA) is 88.0 Å². The molecule has 3 N–H and O–H groups in total. The highest BCUT2D eigenvalue weighted by Gasteiger charge is 2.29. The van der Waals surface area contributed by atoms with Crippen molar-refractivity contribution in [3.05, 3.63) is 102 Å². The van der Waals surface area contributed by atoms with E-state index in [-0.39, 0.29) is 25.5 Å². The molecule has 0 saturated carbocycles. The molecule has 184 valence electrons. The van der Waals surface area contributed by atoms with Gasteiger partial charge in [-0.3, -0.25) is 0 Å². The Labute approximate surface area is 210 Å². The molecule has 6 heteroatoms. The lowest BCUT2D eigenvalue weighted by Gasteiger charge is -2.21. The number of aliphatic hydroxyl groups excluding tert-OH is 2. The van der Waals surface area contributed by atoms with E-state index >= 15 is 0 Å². The van der Waals surface area contributed by atoms with Crippen molar-refractivity contribution in [3.63, 3.8) is 0 Å². The van der Waals surface area contributed by atoms with Gasteiger partial charge in [0.25, 0.3) is 0 Å². The van der Waals surface area contributed by atoms with Gasteiger partial charge in [0.05, 0.1) is 13.2 Å². The first kappa shape index (κ1) is 23.9. The molecule has 4 aromatic rings. The molecule has 0 fully saturated rings. The summed E-state index contributed by atoms with van der Waals surface area (Å²) in [5, 5.41) is 25.8. The summed E-state index contributed by atoms with van der Waals surface area (Å²) in [6.07, 6.45) is -2.54. The monoisotopic (exact) mass is 483 g/mol. The Morgan fingerprint density at radius 3 is 2.14 bits per heavy atom. The number of alkyl carbamates (subject to hydrolysis) is 1. The van der Waals surface area contributed by atoms with Gasteiger partial charge in [-0.05, 0) is 45.7 Å². The number of aliphatic hydroxyl groups is 2. The van der Waals surface area contributed by atoms with Crippen LogP contribution < -0.4 is 10.1 Å². The minimum absolute atomic E-state index is 0.0149. The summed E-state index contributed by atoms with van der Waals surface area (Å²) in [5.41, 5.74) is 5.25. The first-order chi connectivity index (χ1) is 17.6. The van der Waals surface area contributed by atoms with Crippen molar-refractivity contribution >= 4 is 16.9 Å². The molecule has 0 saturated heterocycles. The van der Waals surface area contributed by atoms with Gasteiger partial charge in [-0.2, -0.15) is 0 Å². The predicted molar refractivity (Wildman–Crippen MR) is 139 cm³/mol. The fourth-order valence-corrected chi connectivity index (χ4v) is 5.07. The summed E-state index contributed by atoms with van der Waals surface area (Å²) < 4.78 is 10.9. The summed E-state index contributed by atoms with van der Waals surface area (Å²) in [6.45, 7) is 0.395. The van der Waals surface area contributed by atoms with Crippen LogP contribution in [0.1, 0.15) is 35.1 Å². The van der Waals surface area contributed by atoms with Crippen molar-refractivity contribution in [1.82, 2.24) is 5.32 Å². The minimum atomic E-state index is -1.11. The van der Waals surface area contributed by atoms with Gasteiger partial charge in [0.2, 0.25) is 0 Å². The summed E-state index contributed by atoms with van der Waals surface area (Å²) in [5.74, 6) is 0.687. The molecule has 0 radical (unpaired) electrons. The van der Waals surface area contributed by atoms with Crippen molar-refractivity contribution in [2.24, 2.45) is 0 Å². The van der Waals surface area contributed by atoms with Gasteiger partial charge in [0.1, 0.15) is 18.5 Å². The van der Waals surface area contributed by atoms with Crippen molar-refractivity contribution in [1.29, 1.82) is 0 Å². The van der Waals surface area contributed by atoms with Crippen LogP contribution in [0.25, 0.3) is 21.9 Å². The van der Waals surface area contributed by atoms with Crippen molar-refractivity contribution in [3.8, 4) is 16.9 Å². The maximum absolute atomic E-state index is 12.4. The van der Waals surface area contributed by atoms with E-state index in [9.17, 15) is 15.0 Å². The Morgan fingerprint density at radius 1 is 0.861 bits per heavy atom. The normalized spacial score (nSPS) is 14.1. The number of hydrogen-bond donors (Lipinski definition) is 3. The SMILES string of the molecule is COc1ccc(C(O)C(O)CCNC(=O)OCC2c3ccccc3-c3ccccc32)c2ccccc12. The number of nitrogens with one attached hydrogen (secondary N) is 1. The van der Waals surface area contributed by atoms with Gasteiger partial charge in [-0.1, -0.05) is 78.9 Å². The van der Waals surface area contributed by atoms with E-state index in [2.05, 4.69) is 29.6 Å². The molecule has 0 aromatic heterocycles. The van der Waals surface area contributed by atoms with Gasteiger partial charge < -0.3 is 25.0 Å². The molecule has 0 spiro atoms. The van der Waals surface area contributed by atoms with Gasteiger partial charge in [0.15, 0.2) is 0 Å². The number of rotatable bonds is 8. The molecule has 4 aromatic carbocycles. The lowest BCUT2D eigenvalue weighted by atomic mass is 9.95. The molecule has 1 aliphatic carbocycles. The first-order valence-corrected chi connectivity index (χ1v) is 12.1. The fraction of sp³-hybridized carbons (Fsp3) is 0.233. The lowest BCUT2D eigenvalue weighted by molar-refractivity contribution is 0.0145. The number of ether oxygens (including phenoxy) is 2. The summed E-state index contributed by atoms with van der Waals surface area (Å²) in [7, 11) is 1.60. The molecule has 36 heavy (non-hydrogen) atoms. The van der Waals surface area contributed by atoms with Crippen LogP contribution in [0.4, 0.5) is 4.79 Å². The molecule has 0 aliphatic heterocycles. The van der Waals surface area contributed by atoms with Crippen molar-refractivity contribution in [2.45, 2.75) is 24.5 Å². The van der Waals surface area contributed by atoms with Crippen LogP contribution in [0, 0.1) is 0 Å². The maximum atomic E-state index is 12.4. The molecule has 2 unspecified atom stereocenters. The highest BCUT2D eigenvalue weighted by atomic mass is 16.5. The van der Waals surface area contributed by atoms with Crippen LogP contribution in [0.2, 0.25) is 0 Å². The predicted octanol–water partition coefficient (Wildman–Crippen LogP) is 5.17. The quantitative estimate of drug-likeness (QED) is 0.322. The zero-order valence-corrected chi connectivity index (χ0v) is 20.1. The number of carbonyl (C=O) groups excluding carboxylic acids is 1. The van der Waals surface area contributed by atoms with E-state index in [1.165, 1.54) is 11.1 Å². The van der Waals surface area contributed by atoms with Crippen LogP contribution in [0.3, 0.4) is 0 Å². The second kappa shape index (κ2) is 10.4. The number of benzene rings is 4. The molecule has 1 amide bonds. The van der Waals surface area contributed by atoms with E-state index < -0.39 is 18.3 Å². The Hall–Kier alpha value is -3.87. The zero-order chi connectivity index (χ0) is 25.1. The fourth-order valence-electron chi connectivity index (χ4n) is 5.07. The average molecular weight is 484 g/mol. The third kappa shape index (κ3) is 4.53. The first-order valence-electron chi connectivity index (χ1n) is 12.1. The summed E-state index contributed by atoms with van der Waals surface area (Å²) >= 11 is 0. The average Bonchev–Trinajstić information content (AvgIpc) is 3.24. The molecule has 6 nitrogen and oxygen atoms in total. The van der Waals surface area contributed by atoms with E-state index in [1.54, 1.807) is 19.2 Å². The van der Waals surface area contributed by atoms with Crippen molar-refractivity contribution in [2.75, 3.05) is 20.3 Å². The Balaban J connectivity index is 1.16. The molecule has 5 rings (SSSR count). The second-order valence-corrected chi connectivity index (χ2v) is 8.96. The minimum Gasteiger partial charge on any atom is -0.496 e. The van der Waals surface area contributed by atoms with Crippen LogP contribution in [-0.4, -0.2) is 42.7 Å². The summed E-state index contributed by atoms with van der Waals surface area (Å²) in [4.78, 5) is 12.4. The van der Waals surface area contributed by atoms with Gasteiger partial charge in [-0.15, -0.1) is 0 Å². The number of amides is 1. The van der Waals surface area contributed by atoms with E-state index in [0.717, 1.165) is 21.9 Å². The van der Waals surface area contributed by atoms with Gasteiger partial charge >= 0.3 is 6.09 Å². The Morgan fingerprint density at radius 2 is 1.47 bits per heavy atom. The number of fused-ring (bicyclic) bond motifs is 4. The van der Waals surface area contributed by atoms with E-state index in [1.807, 2.05) is 48.5 Å². The van der Waals surface area contributed by atoms with Crippen LogP contribution >= 0.6 is 0 Å². The number of methoxy groups -OCH3 is 1. The Kier molecular flexibility index (Phi) is 6.89. The largest absolute Gasteiger partial charge is 0.496 e. The third-order valence-corrected chi connectivity index (χ3v) is 6.87. The van der Waals surface area contributed by atoms with Crippen LogP contribution in [-0.2, 0) is 4.74 Å². The molecule has 2 atom stereocenters. The molecular weight excluding hydrogens is 454 g/mol. The molecular formula is C30H29NO5. The lowest BCUT2D eigenvalue weighted by Crippen LogP contribution is -2.30. The highest BCUT2D eigenvalue weighted by molar-refractivity contribution is 5.91. The second-order valence-electron chi connectivity index (χ2n) is 8.96. The van der Waals surface area contributed by atoms with E-state index in [0.29, 0.717) is 11.3 Å². The standard InChI is InChI=1S/C30H29NO5/c1-35-28-15-14-25(23-12-6-7-13-24(23)28)29(33)27(32)16-17-31-30(34)36-18-26-21-10-4-2-8-19(21)20-9-3-5-11-22(20)26/h2-15,26-27,29,32-33H,16-18H2,1H3,(H,31,34). The molecule has 1 aliphatic rings. The maximum Gasteiger partial charge on any atom is 0.407 e. The summed E-state index contributed by atoms with van der Waals surface area (Å²) in [6, 6.07) is 27.5. The number of hydrogen-bond acceptors (Lipinski definition) is 5. The van der Waals surface area contributed by atoms with E-state index in [4.69, 9.17) is 9.47 Å². The number of carbonyl (C=O) groups is 1. The third-order valence-electron chi connectivity index (χ3n) is 6.87.